The van der Waals surface area contributed by atoms with Crippen LogP contribution in [-0.4, -0.2) is 4.99 Å². The third-order valence-electron chi connectivity index (χ3n) is 4.51. The molecule has 0 fully saturated rings. The van der Waals surface area contributed by atoms with Crippen LogP contribution < -0.4 is 15.0 Å². The van der Waals surface area contributed by atoms with Crippen LogP contribution in [0.3, 0.4) is 0 Å². The summed E-state index contributed by atoms with van der Waals surface area (Å²) in [6.07, 6.45) is 4.61. The maximum atomic E-state index is 13.3. The monoisotopic (exact) mass is 388 g/mol. The van der Waals surface area contributed by atoms with Gasteiger partial charge in [0.2, 0.25) is 5.70 Å². The average Bonchev–Trinajstić information content (AvgIpc) is 2.68. The van der Waals surface area contributed by atoms with E-state index in [0.29, 0.717) is 16.2 Å². The van der Waals surface area contributed by atoms with Crippen LogP contribution in [0.5, 0.6) is 0 Å². The molecule has 0 amide bonds. The van der Waals surface area contributed by atoms with Crippen molar-refractivity contribution in [3.63, 3.8) is 0 Å². The van der Waals surface area contributed by atoms with Crippen molar-refractivity contribution >= 4 is 34.3 Å². The van der Waals surface area contributed by atoms with Gasteiger partial charge in [0.25, 0.3) is 0 Å². The fourth-order valence-electron chi connectivity index (χ4n) is 3.15. The normalized spacial score (nSPS) is 11.7. The van der Waals surface area contributed by atoms with Crippen molar-refractivity contribution in [2.45, 2.75) is 27.2 Å². The van der Waals surface area contributed by atoms with Gasteiger partial charge in [-0.2, -0.15) is 4.57 Å². The average molecular weight is 389 g/mol. The summed E-state index contributed by atoms with van der Waals surface area (Å²) in [5.41, 5.74) is 5.40. The van der Waals surface area contributed by atoms with E-state index in [4.69, 9.17) is 12.2 Å². The lowest BCUT2D eigenvalue weighted by molar-refractivity contribution is -0.577. The first-order chi connectivity index (χ1) is 13.5. The van der Waals surface area contributed by atoms with Crippen molar-refractivity contribution in [1.82, 2.24) is 0 Å². The molecule has 0 saturated heterocycles. The van der Waals surface area contributed by atoms with Gasteiger partial charge in [0.1, 0.15) is 0 Å². The van der Waals surface area contributed by atoms with Crippen LogP contribution in [0.15, 0.2) is 73.1 Å². The number of rotatable bonds is 5. The number of thiocarbonyl (C=S) groups is 1. The number of pyridine rings is 1. The standard InChI is InChI=1S/C24H24N2OS/c1-4-19-8-10-20(11-9-19)23(27)22(26-12-6-5-7-13-26)24(28)25-21-15-17(2)14-18(3)16-21/h5-16H,4H2,1-3H3,(H-,25,27,28). The molecular formula is C24H24N2OS. The number of aromatic nitrogens is 1. The molecule has 4 heteroatoms. The smallest absolute Gasteiger partial charge is 0.238 e. The van der Waals surface area contributed by atoms with Gasteiger partial charge in [-0.1, -0.05) is 55.5 Å². The van der Waals surface area contributed by atoms with E-state index in [0.717, 1.165) is 23.2 Å². The Hall–Kier alpha value is -2.98. The summed E-state index contributed by atoms with van der Waals surface area (Å²) < 4.78 is 1.77. The summed E-state index contributed by atoms with van der Waals surface area (Å²) in [6.45, 7) is 6.17. The Labute approximate surface area is 172 Å². The Morgan fingerprint density at radius 2 is 1.57 bits per heavy atom. The molecule has 3 aromatic rings. The zero-order valence-corrected chi connectivity index (χ0v) is 17.2. The third-order valence-corrected chi connectivity index (χ3v) is 4.80. The van der Waals surface area contributed by atoms with E-state index < -0.39 is 0 Å². The van der Waals surface area contributed by atoms with Gasteiger partial charge in [-0.05, 0) is 60.4 Å². The van der Waals surface area contributed by atoms with E-state index in [2.05, 4.69) is 18.3 Å². The summed E-state index contributed by atoms with van der Waals surface area (Å²) in [6, 6.07) is 19.5. The lowest BCUT2D eigenvalue weighted by Crippen LogP contribution is -2.39. The van der Waals surface area contributed by atoms with Crippen LogP contribution in [0.25, 0.3) is 11.5 Å². The molecule has 0 saturated carbocycles. The van der Waals surface area contributed by atoms with Crippen molar-refractivity contribution in [2.24, 2.45) is 0 Å². The second kappa shape index (κ2) is 8.81. The van der Waals surface area contributed by atoms with Gasteiger partial charge in [0.15, 0.2) is 17.4 Å². The molecule has 0 aliphatic carbocycles. The van der Waals surface area contributed by atoms with Crippen LogP contribution >= 0.6 is 12.2 Å². The van der Waals surface area contributed by atoms with Gasteiger partial charge in [-0.25, -0.2) is 0 Å². The van der Waals surface area contributed by atoms with Crippen LogP contribution in [-0.2, 0) is 6.42 Å². The number of hydrogen-bond donors (Lipinski definition) is 1. The highest BCUT2D eigenvalue weighted by Crippen LogP contribution is 2.19. The Balaban J connectivity index is 2.04. The molecule has 0 spiro atoms. The maximum Gasteiger partial charge on any atom is 0.238 e. The van der Waals surface area contributed by atoms with Crippen LogP contribution in [0.1, 0.15) is 29.2 Å². The van der Waals surface area contributed by atoms with Crippen LogP contribution in [0.2, 0.25) is 0 Å². The predicted molar refractivity (Wildman–Crippen MR) is 118 cm³/mol. The largest absolute Gasteiger partial charge is 0.867 e. The number of aryl methyl sites for hydroxylation is 3. The Morgan fingerprint density at radius 1 is 0.964 bits per heavy atom. The maximum absolute atomic E-state index is 13.3. The Morgan fingerprint density at radius 3 is 2.14 bits per heavy atom. The highest BCUT2D eigenvalue weighted by atomic mass is 32.1. The molecule has 28 heavy (non-hydrogen) atoms. The highest BCUT2D eigenvalue weighted by Gasteiger charge is 2.18. The minimum atomic E-state index is -0.110. The van der Waals surface area contributed by atoms with Gasteiger partial charge in [-0.15, -0.1) is 0 Å². The molecule has 0 atom stereocenters. The van der Waals surface area contributed by atoms with Crippen LogP contribution in [0, 0.1) is 13.8 Å². The minimum absolute atomic E-state index is 0.110. The molecule has 0 aliphatic heterocycles. The van der Waals surface area contributed by atoms with Crippen molar-refractivity contribution in [2.75, 3.05) is 5.32 Å². The van der Waals surface area contributed by atoms with Gasteiger partial charge >= 0.3 is 0 Å². The number of hydrogen-bond acceptors (Lipinski definition) is 2. The predicted octanol–water partition coefficient (Wildman–Crippen LogP) is 4.28. The summed E-state index contributed by atoms with van der Waals surface area (Å²) in [7, 11) is 0. The fourth-order valence-corrected chi connectivity index (χ4v) is 3.47. The van der Waals surface area contributed by atoms with Crippen molar-refractivity contribution < 1.29 is 9.67 Å². The molecule has 2 aromatic carbocycles. The number of benzene rings is 2. The quantitative estimate of drug-likeness (QED) is 0.307. The van der Waals surface area contributed by atoms with E-state index >= 15 is 0 Å². The molecule has 1 N–H and O–H groups in total. The fraction of sp³-hybridized carbons (Fsp3) is 0.167. The first-order valence-corrected chi connectivity index (χ1v) is 9.75. The van der Waals surface area contributed by atoms with Gasteiger partial charge in [0, 0.05) is 17.8 Å². The minimum Gasteiger partial charge on any atom is -0.867 e. The van der Waals surface area contributed by atoms with Crippen molar-refractivity contribution in [3.05, 3.63) is 95.3 Å². The summed E-state index contributed by atoms with van der Waals surface area (Å²) in [5, 5.41) is 16.6. The molecule has 0 aliphatic rings. The van der Waals surface area contributed by atoms with Gasteiger partial charge < -0.3 is 10.4 Å². The Bertz CT molecular complexity index is 988. The van der Waals surface area contributed by atoms with E-state index in [1.54, 1.807) is 4.57 Å². The zero-order chi connectivity index (χ0) is 20.1. The summed E-state index contributed by atoms with van der Waals surface area (Å²) in [4.78, 5) is 0.394. The molecule has 0 radical (unpaired) electrons. The molecule has 0 bridgehead atoms. The molecular weight excluding hydrogens is 364 g/mol. The van der Waals surface area contributed by atoms with Crippen molar-refractivity contribution in [1.29, 1.82) is 0 Å². The number of anilines is 1. The van der Waals surface area contributed by atoms with Crippen LogP contribution in [0.4, 0.5) is 5.69 Å². The van der Waals surface area contributed by atoms with Gasteiger partial charge in [-0.3, -0.25) is 0 Å². The topological polar surface area (TPSA) is 39.0 Å². The lowest BCUT2D eigenvalue weighted by Gasteiger charge is -2.17. The van der Waals surface area contributed by atoms with E-state index in [1.165, 1.54) is 5.56 Å². The van der Waals surface area contributed by atoms with E-state index in [-0.39, 0.29) is 5.76 Å². The molecule has 3 nitrogen and oxygen atoms in total. The molecule has 0 unspecified atom stereocenters. The molecule has 3 rings (SSSR count). The zero-order valence-electron chi connectivity index (χ0n) is 16.4. The van der Waals surface area contributed by atoms with E-state index in [1.807, 2.05) is 80.8 Å². The highest BCUT2D eigenvalue weighted by molar-refractivity contribution is 7.81. The molecule has 1 aromatic heterocycles. The first-order valence-electron chi connectivity index (χ1n) is 9.35. The SMILES string of the molecule is CCc1ccc(/C([O-])=C(/C(=S)Nc2cc(C)cc(C)c2)[n+]2ccccc2)cc1. The molecule has 142 valence electrons. The second-order valence-electron chi connectivity index (χ2n) is 6.84. The lowest BCUT2D eigenvalue weighted by atomic mass is 10.1. The summed E-state index contributed by atoms with van der Waals surface area (Å²) >= 11 is 5.66. The van der Waals surface area contributed by atoms with Crippen molar-refractivity contribution in [3.8, 4) is 0 Å². The first kappa shape index (κ1) is 19.8. The Kier molecular flexibility index (Phi) is 6.22. The van der Waals surface area contributed by atoms with E-state index in [9.17, 15) is 5.11 Å². The number of nitrogens with one attached hydrogen (secondary N) is 1. The number of nitrogens with zero attached hydrogens (tertiary/aromatic N) is 1. The second-order valence-corrected chi connectivity index (χ2v) is 7.25. The van der Waals surface area contributed by atoms with Gasteiger partial charge in [0.05, 0.1) is 0 Å². The summed E-state index contributed by atoms with van der Waals surface area (Å²) in [5.74, 6) is -0.110. The molecule has 1 heterocycles. The third kappa shape index (κ3) is 4.65.